The van der Waals surface area contributed by atoms with Gasteiger partial charge in [-0.1, -0.05) is 0 Å². The number of hydrogen-bond acceptors (Lipinski definition) is 5. The van der Waals surface area contributed by atoms with Gasteiger partial charge in [0.05, 0.1) is 23.4 Å². The number of aromatic nitrogens is 4. The number of fused-ring (bicyclic) bond motifs is 1. The first kappa shape index (κ1) is 16.0. The summed E-state index contributed by atoms with van der Waals surface area (Å²) < 4.78 is 26.6. The number of hydrogen-bond donors (Lipinski definition) is 0. The van der Waals surface area contributed by atoms with Crippen molar-refractivity contribution in [3.63, 3.8) is 0 Å². The summed E-state index contributed by atoms with van der Waals surface area (Å²) in [4.78, 5) is 14.0. The lowest BCUT2D eigenvalue weighted by Gasteiger charge is -2.23. The Labute approximate surface area is 135 Å². The van der Waals surface area contributed by atoms with E-state index >= 15 is 0 Å². The summed E-state index contributed by atoms with van der Waals surface area (Å²) in [6.07, 6.45) is 2.22. The van der Waals surface area contributed by atoms with E-state index in [9.17, 15) is 13.2 Å². The maximum atomic E-state index is 12.5. The van der Waals surface area contributed by atoms with Crippen LogP contribution in [0.5, 0.6) is 0 Å². The average molecular weight is 339 g/mol. The molecule has 0 aliphatic carbocycles. The van der Waals surface area contributed by atoms with Crippen molar-refractivity contribution in [2.45, 2.75) is 39.4 Å². The third-order valence-electron chi connectivity index (χ3n) is 4.45. The lowest BCUT2D eigenvalue weighted by atomic mass is 10.2. The number of likely N-dealkylation sites (N-methyl/N-ethyl adjacent to an activating group) is 1. The summed E-state index contributed by atoms with van der Waals surface area (Å²) in [5.41, 5.74) is 2.59. The highest BCUT2D eigenvalue weighted by atomic mass is 32.2. The SMILES string of the molecule is CCn1nc(C)c2c1cnn2CC(=O)N(C)[C@H]1CCS(=O)(=O)C1. The molecule has 1 atom stereocenters. The van der Waals surface area contributed by atoms with Crippen LogP contribution in [0.3, 0.4) is 0 Å². The number of nitrogens with zero attached hydrogens (tertiary/aromatic N) is 5. The Morgan fingerprint density at radius 1 is 1.43 bits per heavy atom. The Kier molecular flexibility index (Phi) is 3.91. The van der Waals surface area contributed by atoms with Crippen LogP contribution in [0, 0.1) is 6.92 Å². The van der Waals surface area contributed by atoms with Gasteiger partial charge in [-0.05, 0) is 20.3 Å². The third-order valence-corrected chi connectivity index (χ3v) is 6.20. The van der Waals surface area contributed by atoms with E-state index in [0.29, 0.717) is 6.42 Å². The van der Waals surface area contributed by atoms with Crippen molar-refractivity contribution < 1.29 is 13.2 Å². The minimum Gasteiger partial charge on any atom is -0.340 e. The summed E-state index contributed by atoms with van der Waals surface area (Å²) in [5, 5.41) is 8.72. The van der Waals surface area contributed by atoms with Gasteiger partial charge >= 0.3 is 0 Å². The summed E-state index contributed by atoms with van der Waals surface area (Å²) in [7, 11) is -1.34. The van der Waals surface area contributed by atoms with Gasteiger partial charge in [-0.15, -0.1) is 0 Å². The minimum atomic E-state index is -3.01. The van der Waals surface area contributed by atoms with Gasteiger partial charge in [-0.2, -0.15) is 10.2 Å². The zero-order valence-electron chi connectivity index (χ0n) is 13.6. The van der Waals surface area contributed by atoms with E-state index in [4.69, 9.17) is 0 Å². The van der Waals surface area contributed by atoms with Crippen molar-refractivity contribution >= 4 is 26.8 Å². The second-order valence-corrected chi connectivity index (χ2v) is 8.23. The van der Waals surface area contributed by atoms with E-state index in [0.717, 1.165) is 23.3 Å². The van der Waals surface area contributed by atoms with Crippen LogP contribution in [-0.2, 0) is 27.7 Å². The number of carbonyl (C=O) groups excluding carboxylic acids is 1. The number of rotatable bonds is 4. The highest BCUT2D eigenvalue weighted by molar-refractivity contribution is 7.91. The molecular weight excluding hydrogens is 318 g/mol. The molecule has 3 heterocycles. The van der Waals surface area contributed by atoms with Crippen LogP contribution >= 0.6 is 0 Å². The highest BCUT2D eigenvalue weighted by Crippen LogP contribution is 2.20. The van der Waals surface area contributed by atoms with Crippen LogP contribution in [0.4, 0.5) is 0 Å². The molecule has 2 aromatic heterocycles. The standard InChI is InChI=1S/C14H21N5O3S/c1-4-18-12-7-15-19(14(12)10(2)16-18)8-13(20)17(3)11-5-6-23(21,22)9-11/h7,11H,4-6,8-9H2,1-3H3/t11-/m0/s1. The van der Waals surface area contributed by atoms with Crippen LogP contribution in [0.1, 0.15) is 19.0 Å². The molecule has 0 saturated carbocycles. The van der Waals surface area contributed by atoms with Crippen molar-refractivity contribution in [1.82, 2.24) is 24.5 Å². The molecule has 1 amide bonds. The van der Waals surface area contributed by atoms with Gasteiger partial charge in [0.2, 0.25) is 5.91 Å². The molecular formula is C14H21N5O3S. The molecule has 23 heavy (non-hydrogen) atoms. The maximum absolute atomic E-state index is 12.5. The van der Waals surface area contributed by atoms with Crippen molar-refractivity contribution in [1.29, 1.82) is 0 Å². The summed E-state index contributed by atoms with van der Waals surface area (Å²) in [6.45, 7) is 4.73. The molecule has 0 unspecified atom stereocenters. The van der Waals surface area contributed by atoms with Gasteiger partial charge in [0.15, 0.2) is 9.84 Å². The Morgan fingerprint density at radius 3 is 2.78 bits per heavy atom. The fraction of sp³-hybridized carbons (Fsp3) is 0.643. The predicted octanol–water partition coefficient (Wildman–Crippen LogP) is 0.207. The van der Waals surface area contributed by atoms with E-state index in [1.165, 1.54) is 4.90 Å². The van der Waals surface area contributed by atoms with E-state index in [-0.39, 0.29) is 30.0 Å². The van der Waals surface area contributed by atoms with Crippen molar-refractivity contribution in [2.75, 3.05) is 18.6 Å². The summed E-state index contributed by atoms with van der Waals surface area (Å²) in [6, 6.07) is -0.238. The van der Waals surface area contributed by atoms with Gasteiger partial charge < -0.3 is 4.90 Å². The molecule has 3 rings (SSSR count). The smallest absolute Gasteiger partial charge is 0.244 e. The number of aryl methyl sites for hydroxylation is 2. The molecule has 2 aromatic rings. The first-order chi connectivity index (χ1) is 10.8. The van der Waals surface area contributed by atoms with Gasteiger partial charge in [-0.3, -0.25) is 14.2 Å². The fourth-order valence-electron chi connectivity index (χ4n) is 3.10. The van der Waals surface area contributed by atoms with Gasteiger partial charge in [-0.25, -0.2) is 8.42 Å². The summed E-state index contributed by atoms with van der Waals surface area (Å²) >= 11 is 0. The first-order valence-corrected chi connectivity index (χ1v) is 9.49. The molecule has 126 valence electrons. The molecule has 0 aromatic carbocycles. The van der Waals surface area contributed by atoms with Gasteiger partial charge in [0.25, 0.3) is 0 Å². The monoisotopic (exact) mass is 339 g/mol. The lowest BCUT2D eigenvalue weighted by molar-refractivity contribution is -0.132. The second kappa shape index (κ2) is 5.63. The van der Waals surface area contributed by atoms with Crippen LogP contribution in [-0.4, -0.2) is 63.4 Å². The Bertz CT molecular complexity index is 851. The van der Waals surface area contributed by atoms with E-state index in [1.54, 1.807) is 17.9 Å². The second-order valence-electron chi connectivity index (χ2n) is 6.00. The van der Waals surface area contributed by atoms with Gasteiger partial charge in [0.1, 0.15) is 17.6 Å². The zero-order chi connectivity index (χ0) is 16.8. The molecule has 8 nitrogen and oxygen atoms in total. The zero-order valence-corrected chi connectivity index (χ0v) is 14.4. The Morgan fingerprint density at radius 2 is 2.17 bits per heavy atom. The van der Waals surface area contributed by atoms with Crippen molar-refractivity contribution in [2.24, 2.45) is 0 Å². The Hall–Kier alpha value is -1.90. The van der Waals surface area contributed by atoms with E-state index < -0.39 is 9.84 Å². The molecule has 1 aliphatic rings. The Balaban J connectivity index is 1.79. The predicted molar refractivity (Wildman–Crippen MR) is 85.8 cm³/mol. The average Bonchev–Trinajstić information content (AvgIpc) is 3.15. The fourth-order valence-corrected chi connectivity index (χ4v) is 4.88. The first-order valence-electron chi connectivity index (χ1n) is 7.67. The normalized spacial score (nSPS) is 20.2. The molecule has 9 heteroatoms. The van der Waals surface area contributed by atoms with E-state index in [1.807, 2.05) is 18.5 Å². The molecule has 1 aliphatic heterocycles. The summed E-state index contributed by atoms with van der Waals surface area (Å²) in [5.74, 6) is 0.0704. The number of carbonyl (C=O) groups is 1. The van der Waals surface area contributed by atoms with Crippen LogP contribution in [0.25, 0.3) is 11.0 Å². The lowest BCUT2D eigenvalue weighted by Crippen LogP contribution is -2.39. The largest absolute Gasteiger partial charge is 0.340 e. The number of sulfone groups is 1. The molecule has 1 saturated heterocycles. The molecule has 0 bridgehead atoms. The van der Waals surface area contributed by atoms with Crippen LogP contribution in [0.2, 0.25) is 0 Å². The number of amides is 1. The van der Waals surface area contributed by atoms with E-state index in [2.05, 4.69) is 10.2 Å². The highest BCUT2D eigenvalue weighted by Gasteiger charge is 2.33. The van der Waals surface area contributed by atoms with Crippen molar-refractivity contribution in [3.8, 4) is 0 Å². The molecule has 1 fully saturated rings. The maximum Gasteiger partial charge on any atom is 0.244 e. The van der Waals surface area contributed by atoms with Gasteiger partial charge in [0, 0.05) is 19.6 Å². The molecule has 0 radical (unpaired) electrons. The topological polar surface area (TPSA) is 90.1 Å². The van der Waals surface area contributed by atoms with Crippen LogP contribution < -0.4 is 0 Å². The molecule has 0 N–H and O–H groups in total. The quantitative estimate of drug-likeness (QED) is 0.794. The van der Waals surface area contributed by atoms with Crippen LogP contribution in [0.15, 0.2) is 6.20 Å². The molecule has 0 spiro atoms. The third kappa shape index (κ3) is 2.85. The van der Waals surface area contributed by atoms with Crippen molar-refractivity contribution in [3.05, 3.63) is 11.9 Å². The minimum absolute atomic E-state index is 0.0521.